The zero-order valence-electron chi connectivity index (χ0n) is 10.8. The van der Waals surface area contributed by atoms with E-state index in [1.807, 2.05) is 6.92 Å². The Morgan fingerprint density at radius 2 is 1.89 bits per heavy atom. The van der Waals surface area contributed by atoms with Crippen LogP contribution in [0.4, 0.5) is 13.2 Å². The fourth-order valence-electron chi connectivity index (χ4n) is 1.84. The van der Waals surface area contributed by atoms with Crippen LogP contribution in [-0.4, -0.2) is 10.1 Å². The molecule has 0 radical (unpaired) electrons. The molecule has 1 aromatic heterocycles. The van der Waals surface area contributed by atoms with Crippen LogP contribution in [-0.2, 0) is 6.18 Å². The van der Waals surface area contributed by atoms with Crippen LogP contribution in [0.3, 0.4) is 0 Å². The lowest BCUT2D eigenvalue weighted by molar-refractivity contribution is -0.146. The quantitative estimate of drug-likeness (QED) is 0.678. The van der Waals surface area contributed by atoms with Crippen molar-refractivity contribution in [1.82, 2.24) is 10.1 Å². The second kappa shape index (κ2) is 6.75. The summed E-state index contributed by atoms with van der Waals surface area (Å²) in [4.78, 5) is 3.45. The van der Waals surface area contributed by atoms with E-state index in [0.717, 1.165) is 32.1 Å². The van der Waals surface area contributed by atoms with Crippen molar-refractivity contribution in [3.63, 3.8) is 0 Å². The molecule has 0 fully saturated rings. The maximum absolute atomic E-state index is 12.3. The molecule has 0 aromatic carbocycles. The molecule has 0 amide bonds. The van der Waals surface area contributed by atoms with Gasteiger partial charge in [0.05, 0.1) is 0 Å². The Kier molecular flexibility index (Phi) is 5.62. The summed E-state index contributed by atoms with van der Waals surface area (Å²) in [5.74, 6) is -1.13. The molecule has 1 rings (SSSR count). The zero-order valence-corrected chi connectivity index (χ0v) is 10.8. The van der Waals surface area contributed by atoms with Crippen molar-refractivity contribution in [1.29, 1.82) is 0 Å². The van der Waals surface area contributed by atoms with Crippen molar-refractivity contribution < 1.29 is 17.7 Å². The fraction of sp³-hybridized carbons (Fsp3) is 0.833. The van der Waals surface area contributed by atoms with Gasteiger partial charge in [0.25, 0.3) is 5.82 Å². The highest BCUT2D eigenvalue weighted by Crippen LogP contribution is 2.30. The lowest BCUT2D eigenvalue weighted by Gasteiger charge is -2.09. The number of rotatable bonds is 7. The van der Waals surface area contributed by atoms with Crippen molar-refractivity contribution in [2.45, 2.75) is 64.5 Å². The smallest absolute Gasteiger partial charge is 0.339 e. The Balaban J connectivity index is 2.57. The maximum atomic E-state index is 12.3. The second-order valence-electron chi connectivity index (χ2n) is 4.41. The zero-order chi connectivity index (χ0) is 13.6. The second-order valence-corrected chi connectivity index (χ2v) is 4.41. The summed E-state index contributed by atoms with van der Waals surface area (Å²) < 4.78 is 41.7. The molecule has 0 N–H and O–H groups in total. The first-order valence-corrected chi connectivity index (χ1v) is 6.39. The standard InChI is InChI=1S/C12H19F3N2O/c1-3-5-6-7-8-9(4-2)10-16-11(17-18-10)12(13,14)15/h9H,3-8H2,1-2H3. The fourth-order valence-corrected chi connectivity index (χ4v) is 1.84. The summed E-state index contributed by atoms with van der Waals surface area (Å²) >= 11 is 0. The van der Waals surface area contributed by atoms with E-state index in [2.05, 4.69) is 17.1 Å². The van der Waals surface area contributed by atoms with Gasteiger partial charge in [0.15, 0.2) is 0 Å². The van der Waals surface area contributed by atoms with E-state index in [4.69, 9.17) is 4.52 Å². The van der Waals surface area contributed by atoms with Gasteiger partial charge in [-0.05, 0) is 12.8 Å². The van der Waals surface area contributed by atoms with Crippen molar-refractivity contribution in [3.05, 3.63) is 11.7 Å². The molecule has 1 unspecified atom stereocenters. The Morgan fingerprint density at radius 1 is 1.17 bits per heavy atom. The Morgan fingerprint density at radius 3 is 2.39 bits per heavy atom. The lowest BCUT2D eigenvalue weighted by Crippen LogP contribution is -2.08. The van der Waals surface area contributed by atoms with Crippen molar-refractivity contribution in [2.24, 2.45) is 0 Å². The molecule has 3 nitrogen and oxygen atoms in total. The molecule has 0 aliphatic carbocycles. The molecule has 0 spiro atoms. The van der Waals surface area contributed by atoms with E-state index in [9.17, 15) is 13.2 Å². The number of nitrogens with zero attached hydrogens (tertiary/aromatic N) is 2. The molecule has 0 saturated heterocycles. The van der Waals surface area contributed by atoms with Gasteiger partial charge in [-0.1, -0.05) is 44.7 Å². The van der Waals surface area contributed by atoms with Gasteiger partial charge in [-0.3, -0.25) is 0 Å². The third-order valence-electron chi connectivity index (χ3n) is 2.94. The topological polar surface area (TPSA) is 38.9 Å². The van der Waals surface area contributed by atoms with E-state index in [0.29, 0.717) is 6.42 Å². The SMILES string of the molecule is CCCCCCC(CC)c1nc(C(F)(F)F)no1. The molecular weight excluding hydrogens is 245 g/mol. The first-order chi connectivity index (χ1) is 8.49. The summed E-state index contributed by atoms with van der Waals surface area (Å²) in [5, 5.41) is 2.99. The summed E-state index contributed by atoms with van der Waals surface area (Å²) in [5.41, 5.74) is 0. The molecule has 1 atom stereocenters. The van der Waals surface area contributed by atoms with E-state index in [-0.39, 0.29) is 11.8 Å². The number of aromatic nitrogens is 2. The minimum absolute atomic E-state index is 0.0644. The highest BCUT2D eigenvalue weighted by Gasteiger charge is 2.37. The minimum Gasteiger partial charge on any atom is -0.339 e. The van der Waals surface area contributed by atoms with Crippen LogP contribution in [0.5, 0.6) is 0 Å². The van der Waals surface area contributed by atoms with Crippen LogP contribution >= 0.6 is 0 Å². The van der Waals surface area contributed by atoms with Gasteiger partial charge >= 0.3 is 6.18 Å². The Hall–Kier alpha value is -1.07. The Bertz CT molecular complexity index is 349. The Labute approximate surface area is 105 Å². The van der Waals surface area contributed by atoms with Gasteiger partial charge in [-0.2, -0.15) is 18.2 Å². The molecule has 6 heteroatoms. The summed E-state index contributed by atoms with van der Waals surface area (Å²) in [6, 6.07) is 0. The van der Waals surface area contributed by atoms with Gasteiger partial charge in [0, 0.05) is 5.92 Å². The van der Waals surface area contributed by atoms with Crippen molar-refractivity contribution in [2.75, 3.05) is 0 Å². The largest absolute Gasteiger partial charge is 0.455 e. The summed E-state index contributed by atoms with van der Waals surface area (Å²) in [7, 11) is 0. The first-order valence-electron chi connectivity index (χ1n) is 6.39. The number of hydrogen-bond acceptors (Lipinski definition) is 3. The highest BCUT2D eigenvalue weighted by atomic mass is 19.4. The molecule has 1 aromatic rings. The first kappa shape index (κ1) is 15.0. The third-order valence-corrected chi connectivity index (χ3v) is 2.94. The van der Waals surface area contributed by atoms with Crippen LogP contribution in [0.15, 0.2) is 4.52 Å². The molecule has 104 valence electrons. The van der Waals surface area contributed by atoms with Gasteiger partial charge < -0.3 is 4.52 Å². The summed E-state index contributed by atoms with van der Waals surface area (Å²) in [6.07, 6.45) is 1.34. The van der Waals surface area contributed by atoms with Crippen LogP contribution in [0.25, 0.3) is 0 Å². The normalized spacial score (nSPS) is 13.8. The molecule has 0 aliphatic rings. The highest BCUT2D eigenvalue weighted by molar-refractivity contribution is 4.96. The van der Waals surface area contributed by atoms with Gasteiger partial charge in [0.1, 0.15) is 0 Å². The van der Waals surface area contributed by atoms with Gasteiger partial charge in [0.2, 0.25) is 5.89 Å². The molecular formula is C12H19F3N2O. The maximum Gasteiger partial charge on any atom is 0.455 e. The lowest BCUT2D eigenvalue weighted by atomic mass is 9.98. The third kappa shape index (κ3) is 4.31. The minimum atomic E-state index is -4.53. The van der Waals surface area contributed by atoms with Crippen molar-refractivity contribution in [3.8, 4) is 0 Å². The molecule has 0 saturated carbocycles. The van der Waals surface area contributed by atoms with Crippen molar-refractivity contribution >= 4 is 0 Å². The molecule has 18 heavy (non-hydrogen) atoms. The number of halogens is 3. The van der Waals surface area contributed by atoms with Crippen LogP contribution in [0.1, 0.15) is 70.0 Å². The number of unbranched alkanes of at least 4 members (excludes halogenated alkanes) is 3. The van der Waals surface area contributed by atoms with Crippen LogP contribution in [0, 0.1) is 0 Å². The van der Waals surface area contributed by atoms with Gasteiger partial charge in [-0.25, -0.2) is 0 Å². The predicted molar refractivity (Wildman–Crippen MR) is 61.1 cm³/mol. The summed E-state index contributed by atoms with van der Waals surface area (Å²) in [6.45, 7) is 4.03. The average Bonchev–Trinajstić information content (AvgIpc) is 2.78. The molecule has 0 bridgehead atoms. The van der Waals surface area contributed by atoms with E-state index < -0.39 is 12.0 Å². The number of alkyl halides is 3. The predicted octanol–water partition coefficient (Wildman–Crippen LogP) is 4.55. The van der Waals surface area contributed by atoms with E-state index in [1.165, 1.54) is 0 Å². The van der Waals surface area contributed by atoms with E-state index in [1.54, 1.807) is 0 Å². The van der Waals surface area contributed by atoms with Crippen LogP contribution < -0.4 is 0 Å². The number of hydrogen-bond donors (Lipinski definition) is 0. The molecule has 1 heterocycles. The van der Waals surface area contributed by atoms with Gasteiger partial charge in [-0.15, -0.1) is 0 Å². The monoisotopic (exact) mass is 264 g/mol. The average molecular weight is 264 g/mol. The van der Waals surface area contributed by atoms with Crippen LogP contribution in [0.2, 0.25) is 0 Å². The molecule has 0 aliphatic heterocycles. The van der Waals surface area contributed by atoms with E-state index >= 15 is 0 Å².